The average Bonchev–Trinajstić information content (AvgIpc) is 2.48. The lowest BCUT2D eigenvalue weighted by atomic mass is 9.94. The van der Waals surface area contributed by atoms with E-state index in [0.717, 1.165) is 11.5 Å². The Bertz CT molecular complexity index is 387. The van der Waals surface area contributed by atoms with Gasteiger partial charge in [0.25, 0.3) is 0 Å². The number of rotatable bonds is 7. The fourth-order valence-corrected chi connectivity index (χ4v) is 2.16. The summed E-state index contributed by atoms with van der Waals surface area (Å²) in [5.74, 6) is 1.63. The molecule has 1 heterocycles. The van der Waals surface area contributed by atoms with Crippen LogP contribution in [0.4, 0.5) is 0 Å². The Morgan fingerprint density at radius 1 is 1.20 bits per heavy atom. The van der Waals surface area contributed by atoms with Crippen LogP contribution in [0.3, 0.4) is 0 Å². The van der Waals surface area contributed by atoms with Gasteiger partial charge in [0.2, 0.25) is 0 Å². The molecule has 0 amide bonds. The van der Waals surface area contributed by atoms with Gasteiger partial charge in [-0.3, -0.25) is 0 Å². The molecular weight excluding hydrogens is 258 g/mol. The first-order chi connectivity index (χ1) is 9.72. The van der Waals surface area contributed by atoms with Crippen molar-refractivity contribution < 1.29 is 19.3 Å². The largest absolute Gasteiger partial charge is 0.497 e. The second kappa shape index (κ2) is 7.47. The summed E-state index contributed by atoms with van der Waals surface area (Å²) in [6, 6.07) is 7.50. The maximum absolute atomic E-state index is 10.2. The molecule has 0 unspecified atom stereocenters. The molecule has 0 aromatic heterocycles. The van der Waals surface area contributed by atoms with Crippen molar-refractivity contribution in [2.75, 3.05) is 40.0 Å². The van der Waals surface area contributed by atoms with Crippen LogP contribution in [0.15, 0.2) is 24.3 Å². The SMILES string of the molecule is COc1ccc(OCCNCC2(O)CCOCC2)cc1. The topological polar surface area (TPSA) is 60.0 Å². The number of aliphatic hydroxyl groups is 1. The highest BCUT2D eigenvalue weighted by Gasteiger charge is 2.28. The van der Waals surface area contributed by atoms with Gasteiger partial charge in [0.15, 0.2) is 0 Å². The van der Waals surface area contributed by atoms with Crippen molar-refractivity contribution in [2.45, 2.75) is 18.4 Å². The smallest absolute Gasteiger partial charge is 0.119 e. The minimum atomic E-state index is -0.627. The molecule has 1 aromatic carbocycles. The summed E-state index contributed by atoms with van der Waals surface area (Å²) < 4.78 is 15.9. The van der Waals surface area contributed by atoms with Gasteiger partial charge in [0.05, 0.1) is 12.7 Å². The van der Waals surface area contributed by atoms with Gasteiger partial charge in [-0.1, -0.05) is 0 Å². The van der Waals surface area contributed by atoms with E-state index in [1.165, 1.54) is 0 Å². The van der Waals surface area contributed by atoms with Gasteiger partial charge in [0.1, 0.15) is 18.1 Å². The molecular formula is C15H23NO4. The Hall–Kier alpha value is -1.30. The normalized spacial score (nSPS) is 17.7. The molecule has 1 aliphatic rings. The molecule has 0 saturated carbocycles. The van der Waals surface area contributed by atoms with Crippen LogP contribution in [0, 0.1) is 0 Å². The van der Waals surface area contributed by atoms with Gasteiger partial charge in [0, 0.05) is 39.1 Å². The predicted octanol–water partition coefficient (Wildman–Crippen LogP) is 1.21. The first kappa shape index (κ1) is 15.1. The highest BCUT2D eigenvalue weighted by atomic mass is 16.5. The Balaban J connectivity index is 1.61. The fraction of sp³-hybridized carbons (Fsp3) is 0.600. The number of hydrogen-bond acceptors (Lipinski definition) is 5. The molecule has 5 nitrogen and oxygen atoms in total. The van der Waals surface area contributed by atoms with Crippen LogP contribution in [0.5, 0.6) is 11.5 Å². The zero-order valence-corrected chi connectivity index (χ0v) is 11.9. The molecule has 1 fully saturated rings. The fourth-order valence-electron chi connectivity index (χ4n) is 2.16. The Morgan fingerprint density at radius 2 is 1.85 bits per heavy atom. The van der Waals surface area contributed by atoms with Gasteiger partial charge in [-0.05, 0) is 24.3 Å². The lowest BCUT2D eigenvalue weighted by molar-refractivity contribution is -0.0616. The van der Waals surface area contributed by atoms with E-state index in [-0.39, 0.29) is 0 Å². The van der Waals surface area contributed by atoms with Gasteiger partial charge < -0.3 is 24.6 Å². The molecule has 112 valence electrons. The zero-order chi connectivity index (χ0) is 14.3. The van der Waals surface area contributed by atoms with E-state index in [1.54, 1.807) is 7.11 Å². The van der Waals surface area contributed by atoms with Gasteiger partial charge >= 0.3 is 0 Å². The number of hydrogen-bond donors (Lipinski definition) is 2. The van der Waals surface area contributed by atoms with Gasteiger partial charge in [-0.2, -0.15) is 0 Å². The van der Waals surface area contributed by atoms with Crippen molar-refractivity contribution in [3.63, 3.8) is 0 Å². The molecule has 0 atom stereocenters. The molecule has 5 heteroatoms. The average molecular weight is 281 g/mol. The first-order valence-corrected chi connectivity index (χ1v) is 7.00. The number of benzene rings is 1. The third-order valence-electron chi connectivity index (χ3n) is 3.48. The van der Waals surface area contributed by atoms with Crippen molar-refractivity contribution in [2.24, 2.45) is 0 Å². The van der Waals surface area contributed by atoms with Crippen LogP contribution in [-0.2, 0) is 4.74 Å². The van der Waals surface area contributed by atoms with Crippen LogP contribution in [-0.4, -0.2) is 50.7 Å². The van der Waals surface area contributed by atoms with Crippen LogP contribution < -0.4 is 14.8 Å². The third kappa shape index (κ3) is 4.67. The highest BCUT2D eigenvalue weighted by Crippen LogP contribution is 2.19. The highest BCUT2D eigenvalue weighted by molar-refractivity contribution is 5.31. The van der Waals surface area contributed by atoms with Gasteiger partial charge in [-0.25, -0.2) is 0 Å². The lowest BCUT2D eigenvalue weighted by Crippen LogP contribution is -2.45. The molecule has 1 aromatic rings. The van der Waals surface area contributed by atoms with Crippen LogP contribution in [0.25, 0.3) is 0 Å². The van der Waals surface area contributed by atoms with Crippen molar-refractivity contribution in [1.82, 2.24) is 5.32 Å². The summed E-state index contributed by atoms with van der Waals surface area (Å²) in [5, 5.41) is 13.5. The summed E-state index contributed by atoms with van der Waals surface area (Å²) in [7, 11) is 1.64. The molecule has 20 heavy (non-hydrogen) atoms. The number of methoxy groups -OCH3 is 1. The van der Waals surface area contributed by atoms with Crippen molar-refractivity contribution >= 4 is 0 Å². The third-order valence-corrected chi connectivity index (χ3v) is 3.48. The minimum absolute atomic E-state index is 0.568. The summed E-state index contributed by atoms with van der Waals surface area (Å²) in [6.07, 6.45) is 1.39. The predicted molar refractivity (Wildman–Crippen MR) is 76.4 cm³/mol. The van der Waals surface area contributed by atoms with Crippen LogP contribution >= 0.6 is 0 Å². The van der Waals surface area contributed by atoms with Gasteiger partial charge in [-0.15, -0.1) is 0 Å². The minimum Gasteiger partial charge on any atom is -0.497 e. The Labute approximate surface area is 119 Å². The second-order valence-corrected chi connectivity index (χ2v) is 5.04. The second-order valence-electron chi connectivity index (χ2n) is 5.04. The van der Waals surface area contributed by atoms with E-state index in [2.05, 4.69) is 5.32 Å². The standard InChI is InChI=1S/C15H23NO4/c1-18-13-2-4-14(5-3-13)20-11-8-16-12-15(17)6-9-19-10-7-15/h2-5,16-17H,6-12H2,1H3. The van der Waals surface area contributed by atoms with E-state index < -0.39 is 5.60 Å². The summed E-state index contributed by atoms with van der Waals surface area (Å²) >= 11 is 0. The Morgan fingerprint density at radius 3 is 2.50 bits per heavy atom. The van der Waals surface area contributed by atoms with Crippen molar-refractivity contribution in [3.05, 3.63) is 24.3 Å². The molecule has 0 bridgehead atoms. The maximum Gasteiger partial charge on any atom is 0.119 e. The maximum atomic E-state index is 10.2. The number of ether oxygens (including phenoxy) is 3. The van der Waals surface area contributed by atoms with E-state index in [4.69, 9.17) is 14.2 Å². The molecule has 1 aliphatic heterocycles. The summed E-state index contributed by atoms with van der Waals surface area (Å²) in [4.78, 5) is 0. The van der Waals surface area contributed by atoms with E-state index >= 15 is 0 Å². The Kier molecular flexibility index (Phi) is 5.64. The summed E-state index contributed by atoms with van der Waals surface area (Å²) in [6.45, 7) is 3.14. The lowest BCUT2D eigenvalue weighted by Gasteiger charge is -2.32. The summed E-state index contributed by atoms with van der Waals surface area (Å²) in [5.41, 5.74) is -0.627. The molecule has 0 aliphatic carbocycles. The molecule has 0 radical (unpaired) electrons. The van der Waals surface area contributed by atoms with Crippen LogP contribution in [0.2, 0.25) is 0 Å². The quantitative estimate of drug-likeness (QED) is 0.736. The van der Waals surface area contributed by atoms with E-state index in [0.29, 0.717) is 45.8 Å². The van der Waals surface area contributed by atoms with Crippen molar-refractivity contribution in [1.29, 1.82) is 0 Å². The van der Waals surface area contributed by atoms with E-state index in [9.17, 15) is 5.11 Å². The molecule has 0 spiro atoms. The first-order valence-electron chi connectivity index (χ1n) is 7.00. The molecule has 2 rings (SSSR count). The van der Waals surface area contributed by atoms with Crippen LogP contribution in [0.1, 0.15) is 12.8 Å². The molecule has 1 saturated heterocycles. The van der Waals surface area contributed by atoms with Crippen molar-refractivity contribution in [3.8, 4) is 11.5 Å². The number of nitrogens with one attached hydrogen (secondary N) is 1. The zero-order valence-electron chi connectivity index (χ0n) is 11.9. The van der Waals surface area contributed by atoms with E-state index in [1.807, 2.05) is 24.3 Å². The molecule has 2 N–H and O–H groups in total. The monoisotopic (exact) mass is 281 g/mol.